The maximum absolute atomic E-state index is 12.0. The number of likely N-dealkylation sites (tertiary alicyclic amines) is 1. The van der Waals surface area contributed by atoms with Crippen LogP contribution in [0.1, 0.15) is 18.4 Å². The Morgan fingerprint density at radius 3 is 3.05 bits per heavy atom. The molecule has 0 bridgehead atoms. The van der Waals surface area contributed by atoms with Gasteiger partial charge < -0.3 is 11.1 Å². The zero-order chi connectivity index (χ0) is 13.7. The van der Waals surface area contributed by atoms with Crippen LogP contribution in [0.4, 0.5) is 0 Å². The lowest BCUT2D eigenvalue weighted by atomic mass is 9.97. The van der Waals surface area contributed by atoms with Gasteiger partial charge in [0.05, 0.1) is 9.70 Å². The van der Waals surface area contributed by atoms with Crippen molar-refractivity contribution in [2.75, 3.05) is 26.2 Å². The van der Waals surface area contributed by atoms with Crippen LogP contribution in [-0.4, -0.2) is 37.0 Å². The van der Waals surface area contributed by atoms with Crippen LogP contribution in [0.2, 0.25) is 0 Å². The second kappa shape index (κ2) is 9.00. The molecule has 1 saturated heterocycles. The Hall–Kier alpha value is -0.140. The molecule has 1 aromatic heterocycles. The summed E-state index contributed by atoms with van der Waals surface area (Å²) < 4.78 is 1.16. The van der Waals surface area contributed by atoms with Crippen molar-refractivity contribution in [3.8, 4) is 0 Å². The first kappa shape index (κ1) is 17.9. The van der Waals surface area contributed by atoms with Crippen LogP contribution in [0.5, 0.6) is 0 Å². The maximum atomic E-state index is 12.0. The summed E-state index contributed by atoms with van der Waals surface area (Å²) in [5, 5.41) is 5.06. The van der Waals surface area contributed by atoms with Gasteiger partial charge in [0.15, 0.2) is 0 Å². The van der Waals surface area contributed by atoms with Gasteiger partial charge in [-0.1, -0.05) is 0 Å². The van der Waals surface area contributed by atoms with Gasteiger partial charge in [-0.05, 0) is 52.3 Å². The molecule has 7 heteroatoms. The minimum absolute atomic E-state index is 0. The lowest BCUT2D eigenvalue weighted by Crippen LogP contribution is -2.43. The lowest BCUT2D eigenvalue weighted by Gasteiger charge is -2.31. The van der Waals surface area contributed by atoms with Crippen molar-refractivity contribution in [2.24, 2.45) is 11.7 Å². The number of nitrogens with zero attached hydrogens (tertiary/aromatic N) is 1. The molecule has 1 aromatic rings. The molecular weight excluding hydrogens is 362 g/mol. The first-order chi connectivity index (χ1) is 9.19. The van der Waals surface area contributed by atoms with E-state index in [9.17, 15) is 4.79 Å². The van der Waals surface area contributed by atoms with Crippen molar-refractivity contribution in [3.63, 3.8) is 0 Å². The SMILES string of the molecule is Cl.NCCNC(=O)C1CCCN(Cc2csc(Br)c2)C1. The van der Waals surface area contributed by atoms with Crippen molar-refractivity contribution >= 4 is 45.6 Å². The zero-order valence-electron chi connectivity index (χ0n) is 11.3. The number of hydrogen-bond acceptors (Lipinski definition) is 4. The summed E-state index contributed by atoms with van der Waals surface area (Å²) >= 11 is 5.19. The number of thiophene rings is 1. The van der Waals surface area contributed by atoms with Gasteiger partial charge in [-0.25, -0.2) is 0 Å². The van der Waals surface area contributed by atoms with Gasteiger partial charge in [-0.3, -0.25) is 9.69 Å². The molecule has 1 aliphatic heterocycles. The monoisotopic (exact) mass is 381 g/mol. The van der Waals surface area contributed by atoms with Crippen molar-refractivity contribution in [1.29, 1.82) is 0 Å². The van der Waals surface area contributed by atoms with E-state index in [1.807, 2.05) is 0 Å². The molecule has 114 valence electrons. The highest BCUT2D eigenvalue weighted by Gasteiger charge is 2.25. The molecule has 1 atom stereocenters. The van der Waals surface area contributed by atoms with E-state index >= 15 is 0 Å². The van der Waals surface area contributed by atoms with E-state index in [0.717, 1.165) is 36.3 Å². The van der Waals surface area contributed by atoms with Gasteiger partial charge in [0.25, 0.3) is 0 Å². The van der Waals surface area contributed by atoms with Crippen LogP contribution in [0.3, 0.4) is 0 Å². The Bertz CT molecular complexity index is 430. The normalized spacial score (nSPS) is 19.4. The third-order valence-electron chi connectivity index (χ3n) is 3.35. The predicted molar refractivity (Wildman–Crippen MR) is 89.3 cm³/mol. The van der Waals surface area contributed by atoms with E-state index in [1.165, 1.54) is 5.56 Å². The molecule has 3 N–H and O–H groups in total. The minimum atomic E-state index is 0. The van der Waals surface area contributed by atoms with Crippen LogP contribution in [0.25, 0.3) is 0 Å². The second-order valence-electron chi connectivity index (χ2n) is 4.91. The number of hydrogen-bond donors (Lipinski definition) is 2. The molecule has 1 aliphatic rings. The smallest absolute Gasteiger partial charge is 0.224 e. The van der Waals surface area contributed by atoms with E-state index in [1.54, 1.807) is 11.3 Å². The molecule has 1 amide bonds. The van der Waals surface area contributed by atoms with Gasteiger partial charge in [0.2, 0.25) is 5.91 Å². The quantitative estimate of drug-likeness (QED) is 0.821. The standard InChI is InChI=1S/C13H20BrN3OS.ClH/c14-12-6-10(9-19-12)7-17-5-1-2-11(8-17)13(18)16-4-3-15;/h6,9,11H,1-5,7-8,15H2,(H,16,18);1H. The zero-order valence-corrected chi connectivity index (χ0v) is 14.5. The molecule has 0 saturated carbocycles. The fourth-order valence-corrected chi connectivity index (χ4v) is 3.64. The van der Waals surface area contributed by atoms with E-state index in [0.29, 0.717) is 13.1 Å². The fourth-order valence-electron chi connectivity index (χ4n) is 2.44. The highest BCUT2D eigenvalue weighted by atomic mass is 79.9. The number of halogens is 2. The Morgan fingerprint density at radius 2 is 2.40 bits per heavy atom. The molecule has 2 heterocycles. The molecule has 1 fully saturated rings. The molecular formula is C13H21BrClN3OS. The Balaban J connectivity index is 0.00000200. The van der Waals surface area contributed by atoms with Gasteiger partial charge in [-0.2, -0.15) is 0 Å². The second-order valence-corrected chi connectivity index (χ2v) is 7.20. The summed E-state index contributed by atoms with van der Waals surface area (Å²) in [6.07, 6.45) is 2.08. The van der Waals surface area contributed by atoms with Gasteiger partial charge >= 0.3 is 0 Å². The number of carbonyl (C=O) groups excluding carboxylic acids is 1. The van der Waals surface area contributed by atoms with Crippen LogP contribution in [0, 0.1) is 5.92 Å². The third kappa shape index (κ3) is 5.33. The molecule has 0 spiro atoms. The highest BCUT2D eigenvalue weighted by molar-refractivity contribution is 9.11. The predicted octanol–water partition coefficient (Wildman–Crippen LogP) is 2.22. The molecule has 4 nitrogen and oxygen atoms in total. The first-order valence-corrected chi connectivity index (χ1v) is 8.29. The molecule has 2 rings (SSSR count). The summed E-state index contributed by atoms with van der Waals surface area (Å²) in [5.74, 6) is 0.268. The van der Waals surface area contributed by atoms with E-state index in [4.69, 9.17) is 5.73 Å². The third-order valence-corrected chi connectivity index (χ3v) is 4.90. The largest absolute Gasteiger partial charge is 0.355 e. The van der Waals surface area contributed by atoms with E-state index < -0.39 is 0 Å². The number of nitrogens with one attached hydrogen (secondary N) is 1. The van der Waals surface area contributed by atoms with Crippen molar-refractivity contribution < 1.29 is 4.79 Å². The summed E-state index contributed by atoms with van der Waals surface area (Å²) in [5.41, 5.74) is 6.73. The van der Waals surface area contributed by atoms with Gasteiger partial charge in [0.1, 0.15) is 0 Å². The molecule has 0 radical (unpaired) electrons. The molecule has 1 unspecified atom stereocenters. The van der Waals surface area contributed by atoms with E-state index in [-0.39, 0.29) is 24.2 Å². The van der Waals surface area contributed by atoms with Crippen LogP contribution >= 0.6 is 39.7 Å². The van der Waals surface area contributed by atoms with Gasteiger partial charge in [0, 0.05) is 26.2 Å². The number of piperidine rings is 1. The lowest BCUT2D eigenvalue weighted by molar-refractivity contribution is -0.126. The number of rotatable bonds is 5. The summed E-state index contributed by atoms with van der Waals surface area (Å²) in [6, 6.07) is 2.16. The highest BCUT2D eigenvalue weighted by Crippen LogP contribution is 2.24. The van der Waals surface area contributed by atoms with Gasteiger partial charge in [-0.15, -0.1) is 23.7 Å². The van der Waals surface area contributed by atoms with Crippen LogP contribution in [-0.2, 0) is 11.3 Å². The fraction of sp³-hybridized carbons (Fsp3) is 0.615. The maximum Gasteiger partial charge on any atom is 0.224 e. The van der Waals surface area contributed by atoms with Crippen molar-refractivity contribution in [3.05, 3.63) is 20.8 Å². The number of amides is 1. The molecule has 0 aliphatic carbocycles. The topological polar surface area (TPSA) is 58.4 Å². The van der Waals surface area contributed by atoms with Crippen molar-refractivity contribution in [1.82, 2.24) is 10.2 Å². The average molecular weight is 383 g/mol. The first-order valence-electron chi connectivity index (χ1n) is 6.62. The summed E-state index contributed by atoms with van der Waals surface area (Å²) in [7, 11) is 0. The van der Waals surface area contributed by atoms with E-state index in [2.05, 4.69) is 37.6 Å². The van der Waals surface area contributed by atoms with Crippen LogP contribution < -0.4 is 11.1 Å². The number of nitrogens with two attached hydrogens (primary N) is 1. The molecule has 0 aromatic carbocycles. The Kier molecular flexibility index (Phi) is 8.06. The number of carbonyl (C=O) groups is 1. The summed E-state index contributed by atoms with van der Waals surface area (Å²) in [6.45, 7) is 3.94. The minimum Gasteiger partial charge on any atom is -0.355 e. The van der Waals surface area contributed by atoms with Crippen molar-refractivity contribution in [2.45, 2.75) is 19.4 Å². The summed E-state index contributed by atoms with van der Waals surface area (Å²) in [4.78, 5) is 14.3. The molecule has 20 heavy (non-hydrogen) atoms. The van der Waals surface area contributed by atoms with Crippen LogP contribution in [0.15, 0.2) is 15.2 Å². The Morgan fingerprint density at radius 1 is 1.60 bits per heavy atom. The average Bonchev–Trinajstić information content (AvgIpc) is 2.81. The Labute approximate surface area is 138 Å².